The van der Waals surface area contributed by atoms with Crippen molar-refractivity contribution in [3.8, 4) is 0 Å². The maximum absolute atomic E-state index is 13.9. The number of aryl methyl sites for hydroxylation is 1. The van der Waals surface area contributed by atoms with Crippen molar-refractivity contribution >= 4 is 11.6 Å². The number of rotatable bonds is 5. The van der Waals surface area contributed by atoms with Crippen LogP contribution in [0.25, 0.3) is 0 Å². The molecule has 0 aliphatic carbocycles. The molecule has 2 nitrogen and oxygen atoms in total. The second-order valence-corrected chi connectivity index (χ2v) is 4.73. The summed E-state index contributed by atoms with van der Waals surface area (Å²) in [5, 5.41) is 10.2. The third-order valence-corrected chi connectivity index (χ3v) is 3.25. The topological polar surface area (TPSA) is 46.2 Å². The van der Waals surface area contributed by atoms with E-state index in [2.05, 4.69) is 0 Å². The van der Waals surface area contributed by atoms with Crippen molar-refractivity contribution in [2.24, 2.45) is 5.73 Å². The highest BCUT2D eigenvalue weighted by atomic mass is 35.5. The third-order valence-electron chi connectivity index (χ3n) is 2.92. The molecule has 0 bridgehead atoms. The summed E-state index contributed by atoms with van der Waals surface area (Å²) in [6.45, 7) is 3.68. The maximum Gasteiger partial charge on any atom is 0.132 e. The molecule has 0 aliphatic rings. The van der Waals surface area contributed by atoms with Gasteiger partial charge in [0, 0.05) is 10.6 Å². The molecule has 0 saturated heterocycles. The van der Waals surface area contributed by atoms with Crippen LogP contribution >= 0.6 is 11.6 Å². The highest BCUT2D eigenvalue weighted by Gasteiger charge is 2.23. The molecule has 1 aromatic carbocycles. The van der Waals surface area contributed by atoms with Crippen molar-refractivity contribution in [3.05, 3.63) is 34.1 Å². The first-order valence-electron chi connectivity index (χ1n) is 5.87. The molecule has 0 amide bonds. The molecule has 0 spiro atoms. The fourth-order valence-electron chi connectivity index (χ4n) is 1.77. The molecule has 0 fully saturated rings. The number of aliphatic hydroxyl groups is 1. The number of unbranched alkanes of at least 4 members (excludes halogenated alkanes) is 1. The van der Waals surface area contributed by atoms with Gasteiger partial charge in [0.2, 0.25) is 0 Å². The Bertz CT molecular complexity index is 384. The Morgan fingerprint density at radius 1 is 1.47 bits per heavy atom. The van der Waals surface area contributed by atoms with E-state index in [9.17, 15) is 9.50 Å². The maximum atomic E-state index is 13.9. The summed E-state index contributed by atoms with van der Waals surface area (Å²) in [5.74, 6) is -0.416. The fraction of sp³-hybridized carbons (Fsp3) is 0.538. The molecule has 2 atom stereocenters. The van der Waals surface area contributed by atoms with Gasteiger partial charge >= 0.3 is 0 Å². The summed E-state index contributed by atoms with van der Waals surface area (Å²) in [7, 11) is 0. The molecule has 0 unspecified atom stereocenters. The zero-order valence-electron chi connectivity index (χ0n) is 10.2. The summed E-state index contributed by atoms with van der Waals surface area (Å²) in [4.78, 5) is 0. The van der Waals surface area contributed by atoms with Gasteiger partial charge in [0.25, 0.3) is 0 Å². The number of hydrogen-bond acceptors (Lipinski definition) is 2. The van der Waals surface area contributed by atoms with Crippen LogP contribution in [0.3, 0.4) is 0 Å². The van der Waals surface area contributed by atoms with Crippen LogP contribution in [0.15, 0.2) is 12.1 Å². The molecule has 0 radical (unpaired) electrons. The van der Waals surface area contributed by atoms with Crippen LogP contribution in [0.4, 0.5) is 4.39 Å². The van der Waals surface area contributed by atoms with Crippen molar-refractivity contribution in [1.82, 2.24) is 0 Å². The van der Waals surface area contributed by atoms with E-state index in [1.165, 1.54) is 0 Å². The Hall–Kier alpha value is -0.640. The molecular weight excluding hydrogens is 241 g/mol. The quantitative estimate of drug-likeness (QED) is 0.852. The first-order valence-corrected chi connectivity index (χ1v) is 6.25. The zero-order valence-corrected chi connectivity index (χ0v) is 11.0. The molecule has 1 rings (SSSR count). The molecule has 1 aromatic rings. The largest absolute Gasteiger partial charge is 0.391 e. The lowest BCUT2D eigenvalue weighted by molar-refractivity contribution is 0.131. The van der Waals surface area contributed by atoms with E-state index in [0.717, 1.165) is 12.8 Å². The van der Waals surface area contributed by atoms with Gasteiger partial charge in [-0.25, -0.2) is 4.39 Å². The predicted molar refractivity (Wildman–Crippen MR) is 68.6 cm³/mol. The summed E-state index contributed by atoms with van der Waals surface area (Å²) in [6.07, 6.45) is 1.62. The Morgan fingerprint density at radius 3 is 2.71 bits per heavy atom. The van der Waals surface area contributed by atoms with Crippen LogP contribution in [0, 0.1) is 12.7 Å². The summed E-state index contributed by atoms with van der Waals surface area (Å²) in [5.41, 5.74) is 6.58. The van der Waals surface area contributed by atoms with Crippen molar-refractivity contribution < 1.29 is 9.50 Å². The van der Waals surface area contributed by atoms with Gasteiger partial charge in [-0.15, -0.1) is 0 Å². The first kappa shape index (κ1) is 14.4. The first-order chi connectivity index (χ1) is 7.99. The fourth-order valence-corrected chi connectivity index (χ4v) is 2.04. The third kappa shape index (κ3) is 3.41. The van der Waals surface area contributed by atoms with Crippen molar-refractivity contribution in [1.29, 1.82) is 0 Å². The molecule has 0 saturated carbocycles. The second kappa shape index (κ2) is 6.34. The van der Waals surface area contributed by atoms with Gasteiger partial charge in [0.1, 0.15) is 5.82 Å². The second-order valence-electron chi connectivity index (χ2n) is 4.33. The Morgan fingerprint density at radius 2 is 2.12 bits per heavy atom. The van der Waals surface area contributed by atoms with E-state index < -0.39 is 18.0 Å². The van der Waals surface area contributed by atoms with Crippen LogP contribution < -0.4 is 5.73 Å². The van der Waals surface area contributed by atoms with E-state index in [4.69, 9.17) is 17.3 Å². The van der Waals surface area contributed by atoms with E-state index in [-0.39, 0.29) is 10.6 Å². The van der Waals surface area contributed by atoms with Crippen LogP contribution in [0.5, 0.6) is 0 Å². The minimum Gasteiger partial charge on any atom is -0.391 e. The lowest BCUT2D eigenvalue weighted by Gasteiger charge is -2.21. The highest BCUT2D eigenvalue weighted by molar-refractivity contribution is 6.31. The SMILES string of the molecule is CCCC[C@H](O)[C@H](N)c1c(Cl)ccc(C)c1F. The van der Waals surface area contributed by atoms with Crippen LogP contribution in [-0.4, -0.2) is 11.2 Å². The lowest BCUT2D eigenvalue weighted by Crippen LogP contribution is -2.27. The molecule has 3 N–H and O–H groups in total. The van der Waals surface area contributed by atoms with Gasteiger partial charge in [-0.2, -0.15) is 0 Å². The average Bonchev–Trinajstić information content (AvgIpc) is 2.31. The normalized spacial score (nSPS) is 14.7. The summed E-state index contributed by atoms with van der Waals surface area (Å²) < 4.78 is 13.9. The van der Waals surface area contributed by atoms with Crippen molar-refractivity contribution in [3.63, 3.8) is 0 Å². The van der Waals surface area contributed by atoms with Gasteiger partial charge in [-0.3, -0.25) is 0 Å². The Kier molecular flexibility index (Phi) is 5.37. The molecule has 0 aromatic heterocycles. The van der Waals surface area contributed by atoms with Gasteiger partial charge in [0.05, 0.1) is 12.1 Å². The van der Waals surface area contributed by atoms with Gasteiger partial charge in [0.15, 0.2) is 0 Å². The monoisotopic (exact) mass is 259 g/mol. The lowest BCUT2D eigenvalue weighted by atomic mass is 9.96. The van der Waals surface area contributed by atoms with Crippen LogP contribution in [0.2, 0.25) is 5.02 Å². The standard InChI is InChI=1S/C13H19ClFNO/c1-3-4-5-10(17)13(16)11-9(14)7-6-8(2)12(11)15/h6-7,10,13,17H,3-5,16H2,1-2H3/t10-,13-/m0/s1. The molecule has 0 aliphatic heterocycles. The molecular formula is C13H19ClFNO. The minimum atomic E-state index is -0.769. The van der Waals surface area contributed by atoms with Gasteiger partial charge in [-0.05, 0) is 25.0 Å². The molecule has 4 heteroatoms. The predicted octanol–water partition coefficient (Wildman–Crippen LogP) is 3.34. The smallest absolute Gasteiger partial charge is 0.132 e. The highest BCUT2D eigenvalue weighted by Crippen LogP contribution is 2.29. The number of aliphatic hydroxyl groups excluding tert-OH is 1. The van der Waals surface area contributed by atoms with E-state index >= 15 is 0 Å². The summed E-state index contributed by atoms with van der Waals surface area (Å²) >= 11 is 5.94. The number of hydrogen-bond donors (Lipinski definition) is 2. The Balaban J connectivity index is 2.95. The average molecular weight is 260 g/mol. The van der Waals surface area contributed by atoms with Crippen LogP contribution in [0.1, 0.15) is 43.4 Å². The van der Waals surface area contributed by atoms with Crippen molar-refractivity contribution in [2.45, 2.75) is 45.3 Å². The van der Waals surface area contributed by atoms with Crippen molar-refractivity contribution in [2.75, 3.05) is 0 Å². The van der Waals surface area contributed by atoms with Gasteiger partial charge < -0.3 is 10.8 Å². The van der Waals surface area contributed by atoms with E-state index in [1.54, 1.807) is 19.1 Å². The molecule has 0 heterocycles. The Labute approximate surface area is 107 Å². The number of benzene rings is 1. The van der Waals surface area contributed by atoms with E-state index in [1.807, 2.05) is 6.92 Å². The van der Waals surface area contributed by atoms with E-state index in [0.29, 0.717) is 12.0 Å². The molecule has 96 valence electrons. The minimum absolute atomic E-state index is 0.218. The zero-order chi connectivity index (χ0) is 13.0. The van der Waals surface area contributed by atoms with Gasteiger partial charge in [-0.1, -0.05) is 37.4 Å². The molecule has 17 heavy (non-hydrogen) atoms. The number of nitrogens with two attached hydrogens (primary N) is 1. The van der Waals surface area contributed by atoms with Crippen LogP contribution in [-0.2, 0) is 0 Å². The number of halogens is 2. The summed E-state index contributed by atoms with van der Waals surface area (Å²) in [6, 6.07) is 2.45.